The number of anilines is 2. The second kappa shape index (κ2) is 7.11. The molecular weight excluding hydrogens is 410 g/mol. The Morgan fingerprint density at radius 1 is 1.19 bits per heavy atom. The first-order chi connectivity index (χ1) is 13.0. The summed E-state index contributed by atoms with van der Waals surface area (Å²) in [4.78, 5) is 29.4. The second-order valence-corrected chi connectivity index (χ2v) is 7.27. The normalized spacial score (nSPS) is 17.3. The third-order valence-electron chi connectivity index (χ3n) is 4.72. The molecule has 27 heavy (non-hydrogen) atoms. The molecular formula is C19H18BrN5O2. The zero-order valence-electron chi connectivity index (χ0n) is 14.7. The largest absolute Gasteiger partial charge is 0.478 e. The topological polar surface area (TPSA) is 82.5 Å². The first kappa shape index (κ1) is 17.7. The van der Waals surface area contributed by atoms with Gasteiger partial charge in [0, 0.05) is 31.9 Å². The van der Waals surface area contributed by atoms with Crippen LogP contribution in [0.4, 0.5) is 11.6 Å². The molecule has 2 aromatic heterocycles. The molecule has 0 aliphatic carbocycles. The highest BCUT2D eigenvalue weighted by Gasteiger charge is 2.27. The van der Waals surface area contributed by atoms with Crippen molar-refractivity contribution in [2.45, 2.75) is 13.0 Å². The van der Waals surface area contributed by atoms with Crippen molar-refractivity contribution in [2.24, 2.45) is 0 Å². The van der Waals surface area contributed by atoms with Crippen molar-refractivity contribution in [3.05, 3.63) is 52.8 Å². The van der Waals surface area contributed by atoms with Crippen LogP contribution in [0.3, 0.4) is 0 Å². The van der Waals surface area contributed by atoms with Gasteiger partial charge in [0.15, 0.2) is 5.82 Å². The number of nitrogens with zero attached hydrogens (tertiary/aromatic N) is 5. The zero-order valence-corrected chi connectivity index (χ0v) is 16.3. The lowest BCUT2D eigenvalue weighted by Crippen LogP contribution is -2.52. The number of pyridine rings is 1. The van der Waals surface area contributed by atoms with E-state index in [1.807, 2.05) is 18.2 Å². The SMILES string of the molecule is CC1CN(c2ccccn2)CCN1c1nc2cc(C(=O)O)ccc2nc1Br. The number of carbonyl (C=O) groups is 1. The minimum absolute atomic E-state index is 0.200. The van der Waals surface area contributed by atoms with Crippen LogP contribution in [0.15, 0.2) is 47.2 Å². The van der Waals surface area contributed by atoms with E-state index in [0.717, 1.165) is 31.3 Å². The first-order valence-electron chi connectivity index (χ1n) is 8.66. The highest BCUT2D eigenvalue weighted by molar-refractivity contribution is 9.10. The molecule has 3 heterocycles. The van der Waals surface area contributed by atoms with E-state index in [4.69, 9.17) is 4.98 Å². The standard InChI is InChI=1S/C19H18BrN5O2/c1-12-11-24(16-4-2-3-7-21-16)8-9-25(12)18-17(20)22-14-6-5-13(19(26)27)10-15(14)23-18/h2-7,10,12H,8-9,11H2,1H3,(H,26,27). The van der Waals surface area contributed by atoms with Crippen molar-refractivity contribution in [3.8, 4) is 0 Å². The van der Waals surface area contributed by atoms with Gasteiger partial charge < -0.3 is 14.9 Å². The number of fused-ring (bicyclic) bond motifs is 1. The monoisotopic (exact) mass is 427 g/mol. The molecule has 1 aliphatic rings. The molecule has 0 saturated carbocycles. The Balaban J connectivity index is 1.64. The van der Waals surface area contributed by atoms with E-state index >= 15 is 0 Å². The number of carboxylic acid groups (broad SMARTS) is 1. The van der Waals surface area contributed by atoms with Crippen molar-refractivity contribution < 1.29 is 9.90 Å². The summed E-state index contributed by atoms with van der Waals surface area (Å²) in [6.07, 6.45) is 1.80. The number of aromatic nitrogens is 3. The maximum Gasteiger partial charge on any atom is 0.335 e. The van der Waals surface area contributed by atoms with E-state index in [9.17, 15) is 9.90 Å². The van der Waals surface area contributed by atoms with Crippen LogP contribution in [-0.2, 0) is 0 Å². The van der Waals surface area contributed by atoms with Gasteiger partial charge in [-0.1, -0.05) is 6.07 Å². The quantitative estimate of drug-likeness (QED) is 0.686. The Kier molecular flexibility index (Phi) is 4.65. The Morgan fingerprint density at radius 3 is 2.74 bits per heavy atom. The summed E-state index contributed by atoms with van der Waals surface area (Å²) in [6, 6.07) is 10.9. The van der Waals surface area contributed by atoms with Crippen molar-refractivity contribution in [1.29, 1.82) is 0 Å². The lowest BCUT2D eigenvalue weighted by molar-refractivity contribution is 0.0697. The highest BCUT2D eigenvalue weighted by Crippen LogP contribution is 2.29. The predicted molar refractivity (Wildman–Crippen MR) is 107 cm³/mol. The molecule has 1 saturated heterocycles. The lowest BCUT2D eigenvalue weighted by Gasteiger charge is -2.41. The van der Waals surface area contributed by atoms with Gasteiger partial charge in [-0.25, -0.2) is 19.7 Å². The van der Waals surface area contributed by atoms with Crippen LogP contribution in [0.25, 0.3) is 11.0 Å². The maximum absolute atomic E-state index is 11.2. The zero-order chi connectivity index (χ0) is 19.0. The summed E-state index contributed by atoms with van der Waals surface area (Å²) in [6.45, 7) is 4.55. The molecule has 8 heteroatoms. The minimum atomic E-state index is -0.972. The number of rotatable bonds is 3. The molecule has 1 atom stereocenters. The fourth-order valence-corrected chi connectivity index (χ4v) is 3.87. The van der Waals surface area contributed by atoms with Crippen LogP contribution in [0, 0.1) is 0 Å². The third kappa shape index (κ3) is 3.44. The van der Waals surface area contributed by atoms with E-state index < -0.39 is 5.97 Å². The van der Waals surface area contributed by atoms with Crippen molar-refractivity contribution in [2.75, 3.05) is 29.4 Å². The van der Waals surface area contributed by atoms with Crippen LogP contribution in [0.2, 0.25) is 0 Å². The molecule has 1 aromatic carbocycles. The van der Waals surface area contributed by atoms with Crippen LogP contribution in [0.5, 0.6) is 0 Å². The number of carboxylic acids is 1. The predicted octanol–water partition coefficient (Wildman–Crippen LogP) is 3.20. The molecule has 1 N–H and O–H groups in total. The van der Waals surface area contributed by atoms with Gasteiger partial charge in [0.05, 0.1) is 16.6 Å². The van der Waals surface area contributed by atoms with Gasteiger partial charge >= 0.3 is 5.97 Å². The van der Waals surface area contributed by atoms with Gasteiger partial charge in [-0.2, -0.15) is 0 Å². The van der Waals surface area contributed by atoms with Crippen molar-refractivity contribution >= 4 is 44.6 Å². The van der Waals surface area contributed by atoms with Gasteiger partial charge in [0.25, 0.3) is 0 Å². The molecule has 1 unspecified atom stereocenters. The maximum atomic E-state index is 11.2. The number of piperazine rings is 1. The second-order valence-electron chi connectivity index (χ2n) is 6.52. The van der Waals surface area contributed by atoms with E-state index in [-0.39, 0.29) is 11.6 Å². The number of halogens is 1. The molecule has 7 nitrogen and oxygen atoms in total. The van der Waals surface area contributed by atoms with Crippen LogP contribution in [-0.4, -0.2) is 51.7 Å². The summed E-state index contributed by atoms with van der Waals surface area (Å²) < 4.78 is 0.663. The molecule has 1 fully saturated rings. The molecule has 0 bridgehead atoms. The van der Waals surface area contributed by atoms with Crippen molar-refractivity contribution in [3.63, 3.8) is 0 Å². The van der Waals surface area contributed by atoms with Gasteiger partial charge in [0.2, 0.25) is 0 Å². The average molecular weight is 428 g/mol. The number of benzene rings is 1. The Labute approximate surface area is 164 Å². The van der Waals surface area contributed by atoms with E-state index in [1.54, 1.807) is 24.4 Å². The average Bonchev–Trinajstić information content (AvgIpc) is 2.68. The highest BCUT2D eigenvalue weighted by atomic mass is 79.9. The van der Waals surface area contributed by atoms with Crippen molar-refractivity contribution in [1.82, 2.24) is 15.0 Å². The van der Waals surface area contributed by atoms with Crippen LogP contribution < -0.4 is 9.80 Å². The smallest absolute Gasteiger partial charge is 0.335 e. The molecule has 4 rings (SSSR count). The molecule has 138 valence electrons. The fourth-order valence-electron chi connectivity index (χ4n) is 3.36. The summed E-state index contributed by atoms with van der Waals surface area (Å²) in [7, 11) is 0. The fraction of sp³-hybridized carbons (Fsp3) is 0.263. The molecule has 0 radical (unpaired) electrons. The summed E-state index contributed by atoms with van der Waals surface area (Å²) in [5, 5.41) is 9.22. The van der Waals surface area contributed by atoms with E-state index in [1.165, 1.54) is 0 Å². The molecule has 3 aromatic rings. The number of hydrogen-bond donors (Lipinski definition) is 1. The summed E-state index contributed by atoms with van der Waals surface area (Å²) in [5.41, 5.74) is 1.45. The van der Waals surface area contributed by atoms with Gasteiger partial charge in [-0.15, -0.1) is 0 Å². The Hall–Kier alpha value is -2.74. The Morgan fingerprint density at radius 2 is 2.04 bits per heavy atom. The number of aromatic carboxylic acids is 1. The lowest BCUT2D eigenvalue weighted by atomic mass is 10.1. The van der Waals surface area contributed by atoms with Gasteiger partial charge in [-0.05, 0) is 53.2 Å². The molecule has 0 spiro atoms. The molecule has 1 aliphatic heterocycles. The third-order valence-corrected chi connectivity index (χ3v) is 5.26. The van der Waals surface area contributed by atoms with Crippen LogP contribution >= 0.6 is 15.9 Å². The van der Waals surface area contributed by atoms with E-state index in [2.05, 4.69) is 42.6 Å². The van der Waals surface area contributed by atoms with Gasteiger partial charge in [-0.3, -0.25) is 0 Å². The van der Waals surface area contributed by atoms with Gasteiger partial charge in [0.1, 0.15) is 10.4 Å². The summed E-state index contributed by atoms with van der Waals surface area (Å²) in [5.74, 6) is 0.734. The number of hydrogen-bond acceptors (Lipinski definition) is 6. The summed E-state index contributed by atoms with van der Waals surface area (Å²) >= 11 is 3.53. The Bertz CT molecular complexity index is 998. The first-order valence-corrected chi connectivity index (χ1v) is 9.45. The van der Waals surface area contributed by atoms with Crippen LogP contribution in [0.1, 0.15) is 17.3 Å². The minimum Gasteiger partial charge on any atom is -0.478 e. The van der Waals surface area contributed by atoms with E-state index in [0.29, 0.717) is 15.6 Å². The molecule has 0 amide bonds.